The number of aliphatic imine (C=N–C) groups is 3. The molecule has 42 heavy (non-hydrogen) atoms. The Morgan fingerprint density at radius 3 is 1.83 bits per heavy atom. The van der Waals surface area contributed by atoms with E-state index in [1.165, 1.54) is 12.4 Å². The van der Waals surface area contributed by atoms with Crippen LogP contribution in [0.15, 0.2) is 105 Å². The Hall–Kier alpha value is -5.05. The number of aromatic hydroxyl groups is 2. The summed E-state index contributed by atoms with van der Waals surface area (Å²) in [4.78, 5) is 14.0. The fourth-order valence-corrected chi connectivity index (χ4v) is 5.07. The van der Waals surface area contributed by atoms with Crippen LogP contribution in [0.3, 0.4) is 0 Å². The van der Waals surface area contributed by atoms with Crippen LogP contribution in [0.5, 0.6) is 11.5 Å². The van der Waals surface area contributed by atoms with Gasteiger partial charge in [-0.15, -0.1) is 0 Å². The number of phenols is 2. The van der Waals surface area contributed by atoms with Gasteiger partial charge < -0.3 is 14.7 Å². The SMILES string of the molecule is CC1=CC(C)=N/C1=C(/c1cc(N=Cc2ccccc2O)cc(N=Cc2ccccc2O)c1)c1c(C)cc(C)n1B(F)F. The number of aromatic nitrogens is 1. The van der Waals surface area contributed by atoms with Crippen molar-refractivity contribution >= 4 is 42.5 Å². The van der Waals surface area contributed by atoms with Crippen molar-refractivity contribution in [2.75, 3.05) is 0 Å². The molecule has 1 aliphatic heterocycles. The number of aryl methyl sites for hydroxylation is 2. The quantitative estimate of drug-likeness (QED) is 0.177. The van der Waals surface area contributed by atoms with E-state index < -0.39 is 7.40 Å². The van der Waals surface area contributed by atoms with Crippen molar-refractivity contribution in [2.24, 2.45) is 15.0 Å². The van der Waals surface area contributed by atoms with Gasteiger partial charge in [0.2, 0.25) is 0 Å². The largest absolute Gasteiger partial charge is 0.677 e. The molecule has 210 valence electrons. The first-order valence-electron chi connectivity index (χ1n) is 13.4. The van der Waals surface area contributed by atoms with Crippen LogP contribution in [-0.2, 0) is 0 Å². The lowest BCUT2D eigenvalue weighted by molar-refractivity contribution is 0.474. The van der Waals surface area contributed by atoms with Crippen LogP contribution < -0.4 is 0 Å². The molecule has 1 aromatic heterocycles. The van der Waals surface area contributed by atoms with E-state index in [1.807, 2.05) is 26.8 Å². The zero-order chi connectivity index (χ0) is 30.0. The number of para-hydroxylation sites is 2. The number of benzene rings is 3. The number of allylic oxidation sites excluding steroid dienone is 2. The highest BCUT2D eigenvalue weighted by molar-refractivity contribution is 6.41. The van der Waals surface area contributed by atoms with Crippen LogP contribution >= 0.6 is 0 Å². The fraction of sp³-hybridized carbons (Fsp3) is 0.121. The Morgan fingerprint density at radius 1 is 0.810 bits per heavy atom. The molecule has 9 heteroatoms. The molecule has 0 atom stereocenters. The van der Waals surface area contributed by atoms with Gasteiger partial charge in [0, 0.05) is 46.2 Å². The molecule has 1 aliphatic rings. The number of phenolic OH excluding ortho intramolecular Hbond substituents is 2. The number of rotatable bonds is 7. The molecular formula is C33H29BF2N4O2. The number of hydrogen-bond acceptors (Lipinski definition) is 5. The van der Waals surface area contributed by atoms with Gasteiger partial charge in [-0.05, 0) is 99.0 Å². The zero-order valence-electron chi connectivity index (χ0n) is 23.7. The third kappa shape index (κ3) is 5.86. The average molecular weight is 562 g/mol. The first-order valence-corrected chi connectivity index (χ1v) is 13.4. The lowest BCUT2D eigenvalue weighted by atomic mass is 9.94. The maximum atomic E-state index is 14.5. The molecule has 0 amide bonds. The molecule has 0 radical (unpaired) electrons. The van der Waals surface area contributed by atoms with E-state index in [9.17, 15) is 18.8 Å². The van der Waals surface area contributed by atoms with E-state index in [-0.39, 0.29) is 11.5 Å². The summed E-state index contributed by atoms with van der Waals surface area (Å²) >= 11 is 0. The predicted octanol–water partition coefficient (Wildman–Crippen LogP) is 7.97. The number of hydrogen-bond donors (Lipinski definition) is 2. The molecule has 0 aliphatic carbocycles. The van der Waals surface area contributed by atoms with E-state index in [0.717, 1.165) is 15.8 Å². The minimum atomic E-state index is -2.76. The molecule has 0 spiro atoms. The second-order valence-corrected chi connectivity index (χ2v) is 10.1. The molecule has 2 N–H and O–H groups in total. The Labute approximate surface area is 243 Å². The van der Waals surface area contributed by atoms with Gasteiger partial charge in [0.05, 0.1) is 17.1 Å². The monoisotopic (exact) mass is 562 g/mol. The van der Waals surface area contributed by atoms with E-state index in [2.05, 4.69) is 9.98 Å². The third-order valence-corrected chi connectivity index (χ3v) is 6.95. The molecule has 0 unspecified atom stereocenters. The van der Waals surface area contributed by atoms with Crippen LogP contribution in [0.4, 0.5) is 20.0 Å². The lowest BCUT2D eigenvalue weighted by Crippen LogP contribution is -2.18. The van der Waals surface area contributed by atoms with Gasteiger partial charge in [-0.1, -0.05) is 24.3 Å². The van der Waals surface area contributed by atoms with Crippen molar-refractivity contribution in [1.82, 2.24) is 4.48 Å². The van der Waals surface area contributed by atoms with E-state index in [4.69, 9.17) is 4.99 Å². The third-order valence-electron chi connectivity index (χ3n) is 6.95. The minimum absolute atomic E-state index is 0.0791. The number of halogens is 2. The van der Waals surface area contributed by atoms with Gasteiger partial charge >= 0.3 is 7.40 Å². The second-order valence-electron chi connectivity index (χ2n) is 10.1. The molecule has 0 saturated heterocycles. The highest BCUT2D eigenvalue weighted by Gasteiger charge is 2.29. The Kier molecular flexibility index (Phi) is 8.02. The van der Waals surface area contributed by atoms with Gasteiger partial charge in [0.1, 0.15) is 11.5 Å². The molecule has 4 aromatic rings. The van der Waals surface area contributed by atoms with Crippen molar-refractivity contribution in [3.05, 3.63) is 124 Å². The summed E-state index contributed by atoms with van der Waals surface area (Å²) in [6, 6.07) is 20.7. The normalized spacial score (nSPS) is 14.5. The Bertz CT molecular complexity index is 1760. The summed E-state index contributed by atoms with van der Waals surface area (Å²) < 4.78 is 30.0. The van der Waals surface area contributed by atoms with Crippen molar-refractivity contribution in [3.63, 3.8) is 0 Å². The zero-order valence-corrected chi connectivity index (χ0v) is 23.7. The average Bonchev–Trinajstić information content (AvgIpc) is 3.44. The van der Waals surface area contributed by atoms with Gasteiger partial charge in [-0.3, -0.25) is 23.6 Å². The molecule has 2 heterocycles. The van der Waals surface area contributed by atoms with Gasteiger partial charge in [0.15, 0.2) is 0 Å². The highest BCUT2D eigenvalue weighted by Crippen LogP contribution is 2.40. The van der Waals surface area contributed by atoms with Crippen LogP contribution in [0, 0.1) is 13.8 Å². The molecule has 5 rings (SSSR count). The van der Waals surface area contributed by atoms with Gasteiger partial charge in [-0.2, -0.15) is 0 Å². The number of nitrogens with zero attached hydrogens (tertiary/aromatic N) is 4. The van der Waals surface area contributed by atoms with E-state index in [0.29, 0.717) is 56.3 Å². The smallest absolute Gasteiger partial charge is 0.507 e. The molecule has 0 fully saturated rings. The summed E-state index contributed by atoms with van der Waals surface area (Å²) in [5, 5.41) is 20.5. The summed E-state index contributed by atoms with van der Waals surface area (Å²) in [5.41, 5.74) is 6.84. The molecule has 3 aromatic carbocycles. The van der Waals surface area contributed by atoms with Crippen LogP contribution in [0.2, 0.25) is 0 Å². The molecule has 0 bridgehead atoms. The van der Waals surface area contributed by atoms with Crippen molar-refractivity contribution < 1.29 is 18.8 Å². The fourth-order valence-electron chi connectivity index (χ4n) is 5.07. The van der Waals surface area contributed by atoms with Crippen molar-refractivity contribution in [3.8, 4) is 11.5 Å². The Balaban J connectivity index is 1.76. The maximum Gasteiger partial charge on any atom is 0.677 e. The summed E-state index contributed by atoms with van der Waals surface area (Å²) in [6.45, 7) is 7.24. The van der Waals surface area contributed by atoms with Crippen molar-refractivity contribution in [1.29, 1.82) is 0 Å². The van der Waals surface area contributed by atoms with Gasteiger partial charge in [0.25, 0.3) is 0 Å². The molecule has 6 nitrogen and oxygen atoms in total. The van der Waals surface area contributed by atoms with Gasteiger partial charge in [-0.25, -0.2) is 0 Å². The standard InChI is InChI=1S/C33H29BF2N4O2/c1-20-13-22(3)39-32(20)31(33-21(2)14-23(4)40(33)34(35)36)26-15-27(37-18-24-9-5-7-11-29(24)41)17-28(16-26)38-19-25-10-6-8-12-30(25)42/h5-19,41-42H,1-4H3/b32-31-,37-18?,38-19?. The minimum Gasteiger partial charge on any atom is -0.507 e. The van der Waals surface area contributed by atoms with Crippen LogP contribution in [0.1, 0.15) is 47.5 Å². The highest BCUT2D eigenvalue weighted by atomic mass is 19.2. The van der Waals surface area contributed by atoms with Crippen LogP contribution in [-0.4, -0.2) is 40.2 Å². The lowest BCUT2D eigenvalue weighted by Gasteiger charge is -2.17. The summed E-state index contributed by atoms with van der Waals surface area (Å²) in [6.07, 6.45) is 5.00. The Morgan fingerprint density at radius 2 is 1.36 bits per heavy atom. The summed E-state index contributed by atoms with van der Waals surface area (Å²) in [7, 11) is -2.76. The first kappa shape index (κ1) is 28.5. The second kappa shape index (κ2) is 11.8. The van der Waals surface area contributed by atoms with Crippen molar-refractivity contribution in [2.45, 2.75) is 27.7 Å². The molecular weight excluding hydrogens is 533 g/mol. The molecule has 0 saturated carbocycles. The topological polar surface area (TPSA) is 82.5 Å². The first-order chi connectivity index (χ1) is 20.1. The predicted molar refractivity (Wildman–Crippen MR) is 167 cm³/mol. The summed E-state index contributed by atoms with van der Waals surface area (Å²) in [5.74, 6) is 0.158. The van der Waals surface area contributed by atoms with Crippen LogP contribution in [0.25, 0.3) is 5.57 Å². The van der Waals surface area contributed by atoms with E-state index in [1.54, 1.807) is 79.7 Å². The maximum absolute atomic E-state index is 14.5. The van der Waals surface area contributed by atoms with E-state index >= 15 is 0 Å².